The number of ketones is 1. The molecule has 0 bridgehead atoms. The zero-order chi connectivity index (χ0) is 20.1. The quantitative estimate of drug-likeness (QED) is 0.477. The molecule has 4 aliphatic carbocycles. The van der Waals surface area contributed by atoms with E-state index in [0.29, 0.717) is 29.0 Å². The molecule has 0 aromatic rings. The Kier molecular flexibility index (Phi) is 5.60. The van der Waals surface area contributed by atoms with Gasteiger partial charge in [0.05, 0.1) is 0 Å². The van der Waals surface area contributed by atoms with Crippen LogP contribution in [0.5, 0.6) is 0 Å². The van der Waals surface area contributed by atoms with Gasteiger partial charge in [-0.3, -0.25) is 4.79 Å². The summed E-state index contributed by atoms with van der Waals surface area (Å²) in [6.07, 6.45) is 16.8. The van der Waals surface area contributed by atoms with Crippen LogP contribution in [0.3, 0.4) is 0 Å². The second-order valence-corrected chi connectivity index (χ2v) is 12.0. The first-order chi connectivity index (χ1) is 13.3. The molecular formula is C27H44O. The number of carbonyl (C=O) groups is 1. The molecule has 0 saturated heterocycles. The van der Waals surface area contributed by atoms with Crippen LogP contribution in [0.4, 0.5) is 0 Å². The predicted molar refractivity (Wildman–Crippen MR) is 118 cm³/mol. The van der Waals surface area contributed by atoms with Crippen molar-refractivity contribution in [3.63, 3.8) is 0 Å². The highest BCUT2D eigenvalue weighted by Crippen LogP contribution is 2.66. The number of hydrogen-bond acceptors (Lipinski definition) is 1. The lowest BCUT2D eigenvalue weighted by Crippen LogP contribution is -2.51. The fourth-order valence-corrected chi connectivity index (χ4v) is 8.44. The molecule has 1 heteroatoms. The Morgan fingerprint density at radius 3 is 2.39 bits per heavy atom. The standard InChI is InChI=1S/C27H44O/c1-18(2)9-8-10-19(3)21-12-13-22-20-17-25(28)24-11-6-7-15-26(24,4)23(20)14-16-27(21,22)5/h17-19,21-24H,6-16H2,1-5H3/t19-,21-,22-,23+,24?,26-,27-/m1/s1. The number of allylic oxidation sites excluding steroid dienone is 2. The maximum Gasteiger partial charge on any atom is 0.159 e. The minimum absolute atomic E-state index is 0.266. The zero-order valence-electron chi connectivity index (χ0n) is 19.2. The molecule has 0 N–H and O–H groups in total. The number of rotatable bonds is 5. The van der Waals surface area contributed by atoms with Crippen molar-refractivity contribution in [1.29, 1.82) is 0 Å². The first kappa shape index (κ1) is 20.7. The lowest BCUT2D eigenvalue weighted by Gasteiger charge is -2.56. The Hall–Kier alpha value is -0.590. The maximum atomic E-state index is 13.1. The van der Waals surface area contributed by atoms with E-state index in [2.05, 4.69) is 40.7 Å². The van der Waals surface area contributed by atoms with Crippen LogP contribution in [0.2, 0.25) is 0 Å². The highest BCUT2D eigenvalue weighted by atomic mass is 16.1. The molecule has 4 aliphatic rings. The summed E-state index contributed by atoms with van der Waals surface area (Å²) in [6, 6.07) is 0. The fraction of sp³-hybridized carbons (Fsp3) is 0.889. The molecule has 1 unspecified atom stereocenters. The first-order valence-electron chi connectivity index (χ1n) is 12.5. The monoisotopic (exact) mass is 384 g/mol. The van der Waals surface area contributed by atoms with Crippen molar-refractivity contribution in [2.24, 2.45) is 46.3 Å². The third-order valence-corrected chi connectivity index (χ3v) is 10.0. The van der Waals surface area contributed by atoms with Gasteiger partial charge in [-0.05, 0) is 85.0 Å². The maximum absolute atomic E-state index is 13.1. The molecule has 3 saturated carbocycles. The van der Waals surface area contributed by atoms with Crippen LogP contribution >= 0.6 is 0 Å². The van der Waals surface area contributed by atoms with Crippen molar-refractivity contribution in [3.8, 4) is 0 Å². The van der Waals surface area contributed by atoms with Gasteiger partial charge in [0.1, 0.15) is 0 Å². The molecule has 0 aromatic heterocycles. The second-order valence-electron chi connectivity index (χ2n) is 12.0. The molecule has 7 atom stereocenters. The Balaban J connectivity index is 1.55. The Morgan fingerprint density at radius 1 is 0.893 bits per heavy atom. The van der Waals surface area contributed by atoms with E-state index in [1.165, 1.54) is 64.2 Å². The van der Waals surface area contributed by atoms with E-state index in [-0.39, 0.29) is 5.41 Å². The van der Waals surface area contributed by atoms with Crippen LogP contribution in [-0.2, 0) is 4.79 Å². The number of carbonyl (C=O) groups excluding carboxylic acids is 1. The predicted octanol–water partition coefficient (Wildman–Crippen LogP) is 7.60. The zero-order valence-corrected chi connectivity index (χ0v) is 19.2. The van der Waals surface area contributed by atoms with E-state index in [1.54, 1.807) is 5.57 Å². The van der Waals surface area contributed by atoms with Gasteiger partial charge in [-0.15, -0.1) is 0 Å². The van der Waals surface area contributed by atoms with E-state index in [0.717, 1.165) is 24.2 Å². The van der Waals surface area contributed by atoms with E-state index in [9.17, 15) is 4.79 Å². The van der Waals surface area contributed by atoms with Gasteiger partial charge in [-0.25, -0.2) is 0 Å². The molecule has 0 heterocycles. The third-order valence-electron chi connectivity index (χ3n) is 10.0. The average molecular weight is 385 g/mol. The topological polar surface area (TPSA) is 17.1 Å². The van der Waals surface area contributed by atoms with Gasteiger partial charge in [-0.2, -0.15) is 0 Å². The third kappa shape index (κ3) is 3.24. The van der Waals surface area contributed by atoms with Gasteiger partial charge in [0.25, 0.3) is 0 Å². The molecule has 28 heavy (non-hydrogen) atoms. The number of fused-ring (bicyclic) bond motifs is 5. The van der Waals surface area contributed by atoms with Crippen molar-refractivity contribution < 1.29 is 4.79 Å². The van der Waals surface area contributed by atoms with Crippen LogP contribution < -0.4 is 0 Å². The lowest BCUT2D eigenvalue weighted by atomic mass is 9.47. The summed E-state index contributed by atoms with van der Waals surface area (Å²) in [4.78, 5) is 13.1. The van der Waals surface area contributed by atoms with Gasteiger partial charge >= 0.3 is 0 Å². The first-order valence-corrected chi connectivity index (χ1v) is 12.5. The molecule has 1 nitrogen and oxygen atoms in total. The van der Waals surface area contributed by atoms with E-state index in [4.69, 9.17) is 0 Å². The summed E-state index contributed by atoms with van der Waals surface area (Å²) in [5.41, 5.74) is 2.32. The van der Waals surface area contributed by atoms with Gasteiger partial charge in [0, 0.05) is 5.92 Å². The molecule has 0 radical (unpaired) electrons. The van der Waals surface area contributed by atoms with Crippen LogP contribution in [0.25, 0.3) is 0 Å². The van der Waals surface area contributed by atoms with Crippen molar-refractivity contribution in [2.75, 3.05) is 0 Å². The molecule has 0 spiro atoms. The highest BCUT2D eigenvalue weighted by molar-refractivity contribution is 5.94. The van der Waals surface area contributed by atoms with Gasteiger partial charge in [0.15, 0.2) is 5.78 Å². The van der Waals surface area contributed by atoms with Crippen LogP contribution in [0.1, 0.15) is 105 Å². The summed E-state index contributed by atoms with van der Waals surface area (Å²) in [5.74, 6) is 4.73. The van der Waals surface area contributed by atoms with Crippen LogP contribution in [0.15, 0.2) is 11.6 Å². The SMILES string of the molecule is CC(C)CCC[C@@H](C)[C@H]1CC[C@@H]2C3=CC(=O)C4CCCC[C@]4(C)[C@H]3CC[C@@]21C. The fourth-order valence-electron chi connectivity index (χ4n) is 8.44. The summed E-state index contributed by atoms with van der Waals surface area (Å²) in [5, 5.41) is 0. The molecular weight excluding hydrogens is 340 g/mol. The Bertz CT molecular complexity index is 630. The molecule has 0 aromatic carbocycles. The average Bonchev–Trinajstić information content (AvgIpc) is 2.99. The highest BCUT2D eigenvalue weighted by Gasteiger charge is 2.59. The molecule has 0 amide bonds. The van der Waals surface area contributed by atoms with E-state index >= 15 is 0 Å². The van der Waals surface area contributed by atoms with Gasteiger partial charge in [0.2, 0.25) is 0 Å². The van der Waals surface area contributed by atoms with Crippen molar-refractivity contribution in [3.05, 3.63) is 11.6 Å². The molecule has 4 rings (SSSR count). The van der Waals surface area contributed by atoms with E-state index < -0.39 is 0 Å². The van der Waals surface area contributed by atoms with Gasteiger partial charge in [-0.1, -0.05) is 72.3 Å². The Morgan fingerprint density at radius 2 is 1.64 bits per heavy atom. The summed E-state index contributed by atoms with van der Waals surface area (Å²) >= 11 is 0. The lowest BCUT2D eigenvalue weighted by molar-refractivity contribution is -0.128. The van der Waals surface area contributed by atoms with Crippen LogP contribution in [0, 0.1) is 46.3 Å². The summed E-state index contributed by atoms with van der Waals surface area (Å²) in [7, 11) is 0. The van der Waals surface area contributed by atoms with E-state index in [1.807, 2.05) is 0 Å². The van der Waals surface area contributed by atoms with Crippen molar-refractivity contribution >= 4 is 5.78 Å². The molecule has 158 valence electrons. The largest absolute Gasteiger partial charge is 0.295 e. The van der Waals surface area contributed by atoms with Crippen molar-refractivity contribution in [2.45, 2.75) is 105 Å². The molecule has 0 aliphatic heterocycles. The molecule has 3 fully saturated rings. The van der Waals surface area contributed by atoms with Crippen LogP contribution in [-0.4, -0.2) is 5.78 Å². The summed E-state index contributed by atoms with van der Waals surface area (Å²) in [6.45, 7) is 12.3. The minimum Gasteiger partial charge on any atom is -0.295 e. The summed E-state index contributed by atoms with van der Waals surface area (Å²) < 4.78 is 0. The Labute approximate surface area is 174 Å². The normalized spacial score (nSPS) is 43.9. The van der Waals surface area contributed by atoms with Gasteiger partial charge < -0.3 is 0 Å². The smallest absolute Gasteiger partial charge is 0.159 e. The van der Waals surface area contributed by atoms with Crippen molar-refractivity contribution in [1.82, 2.24) is 0 Å². The second kappa shape index (κ2) is 7.59. The number of hydrogen-bond donors (Lipinski definition) is 0. The minimum atomic E-state index is 0.266.